The molecule has 2 aromatic heterocycles. The van der Waals surface area contributed by atoms with Crippen LogP contribution in [0.25, 0.3) is 5.78 Å². The topological polar surface area (TPSA) is 159 Å². The van der Waals surface area contributed by atoms with Crippen LogP contribution in [0.15, 0.2) is 17.2 Å². The van der Waals surface area contributed by atoms with Gasteiger partial charge < -0.3 is 26.2 Å². The molecule has 1 saturated heterocycles. The molecular formula is C10H14FN5O5. The standard InChI is InChI=1S/C10H12FN5O4.H2O/c11-5-6(18)4(3-17)20-7(5)15-1-2-16-9(15)13-8(12)14-10(16)19;/h1-2,4-7,17-18H,3H2,(H2,12,14,19);1H2/t4-,5+,6-,7-;/m1./s1. The number of aliphatic hydroxyl groups excluding tert-OH is 2. The van der Waals surface area contributed by atoms with E-state index in [1.54, 1.807) is 0 Å². The first-order valence-corrected chi connectivity index (χ1v) is 5.84. The van der Waals surface area contributed by atoms with Crippen molar-refractivity contribution in [3.8, 4) is 0 Å². The van der Waals surface area contributed by atoms with Crippen molar-refractivity contribution in [1.29, 1.82) is 0 Å². The summed E-state index contributed by atoms with van der Waals surface area (Å²) in [6, 6.07) is 0. The number of aromatic nitrogens is 4. The van der Waals surface area contributed by atoms with E-state index in [0.717, 1.165) is 4.40 Å². The summed E-state index contributed by atoms with van der Waals surface area (Å²) in [5.41, 5.74) is 4.74. The summed E-state index contributed by atoms with van der Waals surface area (Å²) in [4.78, 5) is 18.9. The number of ether oxygens (including phenoxy) is 1. The number of halogens is 1. The smallest absolute Gasteiger partial charge is 0.357 e. The molecule has 116 valence electrons. The molecule has 2 aromatic rings. The molecule has 6 N–H and O–H groups in total. The van der Waals surface area contributed by atoms with Gasteiger partial charge in [0.25, 0.3) is 0 Å². The Hall–Kier alpha value is -2.08. The van der Waals surface area contributed by atoms with E-state index in [9.17, 15) is 14.3 Å². The molecule has 4 atom stereocenters. The average Bonchev–Trinajstić information content (AvgIpc) is 2.93. The Balaban J connectivity index is 0.00000161. The van der Waals surface area contributed by atoms with Crippen molar-refractivity contribution in [2.24, 2.45) is 0 Å². The van der Waals surface area contributed by atoms with E-state index in [1.165, 1.54) is 17.0 Å². The van der Waals surface area contributed by atoms with E-state index in [1.807, 2.05) is 0 Å². The molecule has 0 unspecified atom stereocenters. The zero-order valence-electron chi connectivity index (χ0n) is 10.6. The van der Waals surface area contributed by atoms with Crippen LogP contribution in [0.1, 0.15) is 6.23 Å². The highest BCUT2D eigenvalue weighted by Crippen LogP contribution is 2.32. The highest BCUT2D eigenvalue weighted by Gasteiger charge is 2.45. The van der Waals surface area contributed by atoms with Gasteiger partial charge >= 0.3 is 5.69 Å². The number of anilines is 1. The second-order valence-corrected chi connectivity index (χ2v) is 4.42. The van der Waals surface area contributed by atoms with E-state index in [4.69, 9.17) is 15.6 Å². The Labute approximate surface area is 116 Å². The lowest BCUT2D eigenvalue weighted by molar-refractivity contribution is -0.0459. The fourth-order valence-electron chi connectivity index (χ4n) is 2.21. The van der Waals surface area contributed by atoms with Gasteiger partial charge in [-0.15, -0.1) is 0 Å². The van der Waals surface area contributed by atoms with E-state index < -0.39 is 36.9 Å². The van der Waals surface area contributed by atoms with Crippen molar-refractivity contribution in [2.75, 3.05) is 12.3 Å². The van der Waals surface area contributed by atoms with Crippen molar-refractivity contribution >= 4 is 11.7 Å². The number of hydrogen-bond acceptors (Lipinski definition) is 7. The van der Waals surface area contributed by atoms with Gasteiger partial charge in [-0.1, -0.05) is 0 Å². The molecule has 1 aliphatic rings. The van der Waals surface area contributed by atoms with Gasteiger partial charge in [-0.25, -0.2) is 13.6 Å². The summed E-state index contributed by atoms with van der Waals surface area (Å²) < 4.78 is 21.6. The third kappa shape index (κ3) is 2.25. The predicted molar refractivity (Wildman–Crippen MR) is 67.2 cm³/mol. The third-order valence-corrected chi connectivity index (χ3v) is 3.20. The Bertz CT molecular complexity index is 703. The summed E-state index contributed by atoms with van der Waals surface area (Å²) in [6.45, 7) is -0.519. The molecule has 10 nitrogen and oxygen atoms in total. The molecule has 0 bridgehead atoms. The Morgan fingerprint density at radius 1 is 1.43 bits per heavy atom. The number of alkyl halides is 1. The first kappa shape index (κ1) is 15.3. The maximum Gasteiger partial charge on any atom is 0.357 e. The minimum absolute atomic E-state index is 0. The monoisotopic (exact) mass is 303 g/mol. The molecule has 3 heterocycles. The van der Waals surface area contributed by atoms with Gasteiger partial charge in [0, 0.05) is 12.4 Å². The van der Waals surface area contributed by atoms with Gasteiger partial charge in [0.15, 0.2) is 12.4 Å². The van der Waals surface area contributed by atoms with Crippen LogP contribution in [0.4, 0.5) is 10.3 Å². The van der Waals surface area contributed by atoms with E-state index in [2.05, 4.69) is 9.97 Å². The number of nitrogen functional groups attached to an aromatic ring is 1. The van der Waals surface area contributed by atoms with Crippen LogP contribution in [-0.4, -0.2) is 59.6 Å². The zero-order valence-corrected chi connectivity index (χ0v) is 10.6. The van der Waals surface area contributed by atoms with Crippen LogP contribution in [0, 0.1) is 0 Å². The lowest BCUT2D eigenvalue weighted by Gasteiger charge is -2.15. The van der Waals surface area contributed by atoms with Crippen molar-refractivity contribution in [3.05, 3.63) is 22.9 Å². The van der Waals surface area contributed by atoms with Crippen LogP contribution < -0.4 is 11.4 Å². The first-order valence-electron chi connectivity index (χ1n) is 5.84. The number of aliphatic hydroxyl groups is 2. The highest BCUT2D eigenvalue weighted by atomic mass is 19.1. The molecule has 0 amide bonds. The molecule has 0 spiro atoms. The summed E-state index contributed by atoms with van der Waals surface area (Å²) in [5, 5.41) is 18.6. The van der Waals surface area contributed by atoms with Crippen LogP contribution in [0.5, 0.6) is 0 Å². The Morgan fingerprint density at radius 2 is 2.14 bits per heavy atom. The van der Waals surface area contributed by atoms with Gasteiger partial charge in [0.1, 0.15) is 12.2 Å². The van der Waals surface area contributed by atoms with Gasteiger partial charge in [-0.05, 0) is 0 Å². The van der Waals surface area contributed by atoms with Crippen molar-refractivity contribution in [1.82, 2.24) is 18.9 Å². The SMILES string of the molecule is Nc1nc(=O)n2ccn([C@@H]3O[C@H](CO)[C@@H](O)[C@@H]3F)c2n1.O. The Kier molecular flexibility index (Phi) is 3.91. The zero-order chi connectivity index (χ0) is 14.4. The van der Waals surface area contributed by atoms with Crippen LogP contribution in [0.3, 0.4) is 0 Å². The summed E-state index contributed by atoms with van der Waals surface area (Å²) in [6.07, 6.45) is -2.77. The van der Waals surface area contributed by atoms with Crippen LogP contribution in [-0.2, 0) is 4.74 Å². The first-order chi connectivity index (χ1) is 9.52. The lowest BCUT2D eigenvalue weighted by atomic mass is 10.1. The number of fused-ring (bicyclic) bond motifs is 1. The Morgan fingerprint density at radius 3 is 2.76 bits per heavy atom. The predicted octanol–water partition coefficient (Wildman–Crippen LogP) is -2.76. The number of hydrogen-bond donors (Lipinski definition) is 3. The fourth-order valence-corrected chi connectivity index (χ4v) is 2.21. The van der Waals surface area contributed by atoms with Crippen molar-refractivity contribution in [3.63, 3.8) is 0 Å². The molecule has 1 aliphatic heterocycles. The average molecular weight is 303 g/mol. The quantitative estimate of drug-likeness (QED) is 0.541. The number of nitrogens with two attached hydrogens (primary N) is 1. The van der Waals surface area contributed by atoms with Gasteiger partial charge in [-0.3, -0.25) is 4.57 Å². The molecule has 0 radical (unpaired) electrons. The molecule has 0 aromatic carbocycles. The van der Waals surface area contributed by atoms with Gasteiger partial charge in [-0.2, -0.15) is 9.97 Å². The maximum absolute atomic E-state index is 14.0. The second-order valence-electron chi connectivity index (χ2n) is 4.42. The van der Waals surface area contributed by atoms with E-state index in [0.29, 0.717) is 0 Å². The number of imidazole rings is 1. The number of nitrogens with zero attached hydrogens (tertiary/aromatic N) is 4. The van der Waals surface area contributed by atoms with Crippen molar-refractivity contribution < 1.29 is 24.8 Å². The highest BCUT2D eigenvalue weighted by molar-refractivity contribution is 5.35. The summed E-state index contributed by atoms with van der Waals surface area (Å²) in [5.74, 6) is -0.205. The normalized spacial score (nSPS) is 28.7. The fraction of sp³-hybridized carbons (Fsp3) is 0.500. The van der Waals surface area contributed by atoms with Crippen LogP contribution >= 0.6 is 0 Å². The molecule has 11 heteroatoms. The summed E-state index contributed by atoms with van der Waals surface area (Å²) >= 11 is 0. The summed E-state index contributed by atoms with van der Waals surface area (Å²) in [7, 11) is 0. The van der Waals surface area contributed by atoms with Gasteiger partial charge in [0.2, 0.25) is 11.7 Å². The number of rotatable bonds is 2. The lowest BCUT2D eigenvalue weighted by Crippen LogP contribution is -2.30. The minimum Gasteiger partial charge on any atom is -0.412 e. The molecule has 3 rings (SSSR count). The van der Waals surface area contributed by atoms with Crippen molar-refractivity contribution in [2.45, 2.75) is 24.6 Å². The molecule has 0 aliphatic carbocycles. The molecular weight excluding hydrogens is 289 g/mol. The van der Waals surface area contributed by atoms with E-state index >= 15 is 0 Å². The minimum atomic E-state index is -1.77. The second kappa shape index (κ2) is 5.37. The van der Waals surface area contributed by atoms with E-state index in [-0.39, 0.29) is 17.2 Å². The molecule has 1 fully saturated rings. The molecule has 21 heavy (non-hydrogen) atoms. The van der Waals surface area contributed by atoms with Gasteiger partial charge in [0.05, 0.1) is 6.61 Å². The van der Waals surface area contributed by atoms with Crippen LogP contribution in [0.2, 0.25) is 0 Å². The third-order valence-electron chi connectivity index (χ3n) is 3.20. The maximum atomic E-state index is 14.0. The largest absolute Gasteiger partial charge is 0.412 e. The molecule has 0 saturated carbocycles.